The third kappa shape index (κ3) is 3.79. The second kappa shape index (κ2) is 7.71. The Kier molecular flexibility index (Phi) is 4.74. The zero-order valence-electron chi connectivity index (χ0n) is 17.3. The molecule has 8 heteroatoms. The van der Waals surface area contributed by atoms with Crippen molar-refractivity contribution in [1.29, 1.82) is 0 Å². The van der Waals surface area contributed by atoms with Gasteiger partial charge in [-0.3, -0.25) is 4.79 Å². The molecule has 5 rings (SSSR count). The molecular weight excluding hydrogens is 392 g/mol. The van der Waals surface area contributed by atoms with Gasteiger partial charge in [0.15, 0.2) is 0 Å². The average Bonchev–Trinajstić information content (AvgIpc) is 3.50. The molecule has 0 bridgehead atoms. The minimum absolute atomic E-state index is 0.0920. The Morgan fingerprint density at radius 3 is 2.90 bits per heavy atom. The van der Waals surface area contributed by atoms with Gasteiger partial charge >= 0.3 is 0 Å². The lowest BCUT2D eigenvalue weighted by atomic mass is 10.1. The van der Waals surface area contributed by atoms with Gasteiger partial charge in [-0.15, -0.1) is 10.2 Å². The highest BCUT2D eigenvalue weighted by atomic mass is 16.4. The van der Waals surface area contributed by atoms with E-state index in [1.54, 1.807) is 0 Å². The summed E-state index contributed by atoms with van der Waals surface area (Å²) >= 11 is 0. The van der Waals surface area contributed by atoms with Gasteiger partial charge in [-0.05, 0) is 48.2 Å². The van der Waals surface area contributed by atoms with Crippen LogP contribution < -0.4 is 5.32 Å². The van der Waals surface area contributed by atoms with Crippen LogP contribution in [0.1, 0.15) is 24.2 Å². The number of nitrogens with one attached hydrogen (secondary N) is 2. The van der Waals surface area contributed by atoms with E-state index in [2.05, 4.69) is 25.5 Å². The van der Waals surface area contributed by atoms with Gasteiger partial charge in [-0.25, -0.2) is 4.98 Å². The highest BCUT2D eigenvalue weighted by molar-refractivity contribution is 5.86. The lowest BCUT2D eigenvalue weighted by Gasteiger charge is -2.07. The number of benzene rings is 2. The molecule has 0 unspecified atom stereocenters. The van der Waals surface area contributed by atoms with E-state index in [9.17, 15) is 4.79 Å². The Morgan fingerprint density at radius 2 is 2.06 bits per heavy atom. The number of aromatic amines is 1. The molecule has 8 nitrogen and oxygen atoms in total. The van der Waals surface area contributed by atoms with Gasteiger partial charge in [0, 0.05) is 23.7 Å². The predicted octanol–water partition coefficient (Wildman–Crippen LogP) is 3.75. The van der Waals surface area contributed by atoms with E-state index in [1.165, 1.54) is 0 Å². The summed E-state index contributed by atoms with van der Waals surface area (Å²) in [5, 5.41) is 12.1. The molecule has 156 valence electrons. The van der Waals surface area contributed by atoms with E-state index in [-0.39, 0.29) is 12.5 Å². The molecule has 1 amide bonds. The molecule has 3 aromatic heterocycles. The Bertz CT molecular complexity index is 1390. The lowest BCUT2D eigenvalue weighted by Crippen LogP contribution is -2.27. The van der Waals surface area contributed by atoms with E-state index < -0.39 is 0 Å². The molecule has 2 N–H and O–H groups in total. The van der Waals surface area contributed by atoms with Crippen LogP contribution in [-0.4, -0.2) is 30.6 Å². The SMILES string of the molecule is CCc1nnc(-c2ccc3ccn(CC(=O)NCc4nc5ccc(C)cc5[nH]4)c3c2)o1. The van der Waals surface area contributed by atoms with Crippen LogP contribution in [0.25, 0.3) is 33.4 Å². The normalized spacial score (nSPS) is 11.4. The average molecular weight is 414 g/mol. The first kappa shape index (κ1) is 19.0. The van der Waals surface area contributed by atoms with Crippen LogP contribution >= 0.6 is 0 Å². The number of H-pyrrole nitrogens is 1. The first-order valence-electron chi connectivity index (χ1n) is 10.2. The second-order valence-corrected chi connectivity index (χ2v) is 7.55. The minimum atomic E-state index is -0.0920. The van der Waals surface area contributed by atoms with Crippen molar-refractivity contribution in [2.75, 3.05) is 0 Å². The summed E-state index contributed by atoms with van der Waals surface area (Å²) < 4.78 is 7.57. The number of aromatic nitrogens is 5. The molecule has 0 atom stereocenters. The number of amides is 1. The van der Waals surface area contributed by atoms with Crippen molar-refractivity contribution in [2.45, 2.75) is 33.4 Å². The number of rotatable bonds is 6. The van der Waals surface area contributed by atoms with Crippen molar-refractivity contribution in [1.82, 2.24) is 30.0 Å². The zero-order valence-corrected chi connectivity index (χ0v) is 17.3. The maximum absolute atomic E-state index is 12.6. The van der Waals surface area contributed by atoms with Gasteiger partial charge < -0.3 is 19.3 Å². The van der Waals surface area contributed by atoms with Crippen molar-refractivity contribution in [3.63, 3.8) is 0 Å². The van der Waals surface area contributed by atoms with Crippen molar-refractivity contribution < 1.29 is 9.21 Å². The van der Waals surface area contributed by atoms with Gasteiger partial charge in [0.1, 0.15) is 12.4 Å². The molecule has 0 aliphatic heterocycles. The molecule has 0 aliphatic carbocycles. The summed E-state index contributed by atoms with van der Waals surface area (Å²) in [4.78, 5) is 20.4. The van der Waals surface area contributed by atoms with Crippen molar-refractivity contribution in [3.05, 3.63) is 65.9 Å². The van der Waals surface area contributed by atoms with Crippen LogP contribution in [0, 0.1) is 6.92 Å². The molecular formula is C23H22N6O2. The number of carbonyl (C=O) groups is 1. The fraction of sp³-hybridized carbons (Fsp3) is 0.217. The fourth-order valence-electron chi connectivity index (χ4n) is 3.62. The Balaban J connectivity index is 1.30. The highest BCUT2D eigenvalue weighted by Gasteiger charge is 2.12. The standard InChI is InChI=1S/C23H22N6O2/c1-3-22-27-28-23(31-22)16-6-5-15-8-9-29(19(15)11-16)13-21(30)24-12-20-25-17-7-4-14(2)10-18(17)26-20/h4-11H,3,12-13H2,1-2H3,(H,24,30)(H,25,26). The second-order valence-electron chi connectivity index (χ2n) is 7.55. The van der Waals surface area contributed by atoms with Gasteiger partial charge in [0.05, 0.1) is 17.6 Å². The highest BCUT2D eigenvalue weighted by Crippen LogP contribution is 2.24. The Morgan fingerprint density at radius 1 is 1.16 bits per heavy atom. The molecule has 0 spiro atoms. The topological polar surface area (TPSA) is 102 Å². The molecule has 5 aromatic rings. The van der Waals surface area contributed by atoms with Crippen molar-refractivity contribution in [2.24, 2.45) is 0 Å². The fourth-order valence-corrected chi connectivity index (χ4v) is 3.62. The van der Waals surface area contributed by atoms with E-state index in [1.807, 2.05) is 67.1 Å². The minimum Gasteiger partial charge on any atom is -0.421 e. The number of nitrogens with zero attached hydrogens (tertiary/aromatic N) is 4. The third-order valence-corrected chi connectivity index (χ3v) is 5.24. The summed E-state index contributed by atoms with van der Waals surface area (Å²) in [6, 6.07) is 13.9. The van der Waals surface area contributed by atoms with E-state index >= 15 is 0 Å². The molecule has 0 saturated heterocycles. The molecule has 31 heavy (non-hydrogen) atoms. The summed E-state index contributed by atoms with van der Waals surface area (Å²) in [6.45, 7) is 4.56. The number of carbonyl (C=O) groups excluding carboxylic acids is 1. The van der Waals surface area contributed by atoms with Crippen LogP contribution in [0.2, 0.25) is 0 Å². The largest absolute Gasteiger partial charge is 0.421 e. The van der Waals surface area contributed by atoms with Crippen LogP contribution in [-0.2, 0) is 24.3 Å². The van der Waals surface area contributed by atoms with Gasteiger partial charge in [0.2, 0.25) is 17.7 Å². The molecule has 0 saturated carbocycles. The number of hydrogen-bond acceptors (Lipinski definition) is 5. The van der Waals surface area contributed by atoms with E-state index in [4.69, 9.17) is 4.42 Å². The number of imidazole rings is 1. The van der Waals surface area contributed by atoms with Gasteiger partial charge in [-0.1, -0.05) is 19.1 Å². The number of hydrogen-bond donors (Lipinski definition) is 2. The Labute approximate surface area is 178 Å². The predicted molar refractivity (Wildman–Crippen MR) is 117 cm³/mol. The molecule has 3 heterocycles. The maximum Gasteiger partial charge on any atom is 0.247 e. The van der Waals surface area contributed by atoms with Crippen LogP contribution in [0.4, 0.5) is 0 Å². The van der Waals surface area contributed by atoms with Crippen LogP contribution in [0.5, 0.6) is 0 Å². The first-order valence-corrected chi connectivity index (χ1v) is 10.2. The quantitative estimate of drug-likeness (QED) is 0.441. The van der Waals surface area contributed by atoms with Gasteiger partial charge in [0.25, 0.3) is 0 Å². The summed E-state index contributed by atoms with van der Waals surface area (Å²) in [5.41, 5.74) is 4.80. The summed E-state index contributed by atoms with van der Waals surface area (Å²) in [6.07, 6.45) is 2.60. The molecule has 0 fully saturated rings. The van der Waals surface area contributed by atoms with Crippen molar-refractivity contribution in [3.8, 4) is 11.5 Å². The molecule has 0 radical (unpaired) electrons. The smallest absolute Gasteiger partial charge is 0.247 e. The van der Waals surface area contributed by atoms with E-state index in [0.717, 1.165) is 38.9 Å². The summed E-state index contributed by atoms with van der Waals surface area (Å²) in [5.74, 6) is 1.73. The van der Waals surface area contributed by atoms with Crippen molar-refractivity contribution >= 4 is 27.8 Å². The third-order valence-electron chi connectivity index (χ3n) is 5.24. The summed E-state index contributed by atoms with van der Waals surface area (Å²) in [7, 11) is 0. The van der Waals surface area contributed by atoms with Crippen LogP contribution in [0.15, 0.2) is 53.1 Å². The molecule has 0 aliphatic rings. The lowest BCUT2D eigenvalue weighted by molar-refractivity contribution is -0.121. The number of fused-ring (bicyclic) bond motifs is 2. The van der Waals surface area contributed by atoms with Crippen LogP contribution in [0.3, 0.4) is 0 Å². The Hall–Kier alpha value is -3.94. The zero-order chi connectivity index (χ0) is 21.4. The first-order chi connectivity index (χ1) is 15.1. The van der Waals surface area contributed by atoms with E-state index in [0.29, 0.717) is 24.7 Å². The maximum atomic E-state index is 12.6. The monoisotopic (exact) mass is 414 g/mol. The van der Waals surface area contributed by atoms with Gasteiger partial charge in [-0.2, -0.15) is 0 Å². The number of aryl methyl sites for hydroxylation is 2. The molecule has 2 aromatic carbocycles.